The van der Waals surface area contributed by atoms with Crippen molar-refractivity contribution in [2.45, 2.75) is 32.7 Å². The number of carbonyl (C=O) groups excluding carboxylic acids is 3. The van der Waals surface area contributed by atoms with Crippen LogP contribution in [0.3, 0.4) is 0 Å². The number of anilines is 3. The van der Waals surface area contributed by atoms with Gasteiger partial charge in [-0.2, -0.15) is 5.06 Å². The molecular weight excluding hydrogens is 534 g/mol. The summed E-state index contributed by atoms with van der Waals surface area (Å²) in [5.74, 6) is -3.12. The second kappa shape index (κ2) is 11.9. The minimum atomic E-state index is -1.28. The van der Waals surface area contributed by atoms with Crippen molar-refractivity contribution >= 4 is 35.0 Å². The molecule has 3 aromatic carbocycles. The lowest BCUT2D eigenvalue weighted by Gasteiger charge is -2.35. The number of halogens is 2. The molecule has 5 rings (SSSR count). The topological polar surface area (TPSA) is 102 Å². The fourth-order valence-electron chi connectivity index (χ4n) is 5.21. The zero-order valence-corrected chi connectivity index (χ0v) is 22.5. The number of nitrogens with zero attached hydrogens (tertiary/aromatic N) is 3. The number of hydrogen-bond donors (Lipinski definition) is 2. The van der Waals surface area contributed by atoms with Crippen LogP contribution in [0, 0.1) is 18.6 Å². The van der Waals surface area contributed by atoms with Crippen molar-refractivity contribution in [1.82, 2.24) is 5.32 Å². The number of carbonyl (C=O) groups is 3. The zero-order valence-electron chi connectivity index (χ0n) is 22.5. The summed E-state index contributed by atoms with van der Waals surface area (Å²) in [6, 6.07) is 15.2. The molecule has 2 heterocycles. The van der Waals surface area contributed by atoms with Crippen molar-refractivity contribution in [3.05, 3.63) is 88.5 Å². The number of hydrogen-bond acceptors (Lipinski definition) is 6. The van der Waals surface area contributed by atoms with Gasteiger partial charge in [-0.15, -0.1) is 0 Å². The van der Waals surface area contributed by atoms with Gasteiger partial charge in [-0.3, -0.25) is 9.59 Å². The standard InChI is InChI=1S/C30H30F2N4O5/c1-19-16-21(29(39)35-13-5-4-7-20-6-2-3-8-24(20)35)9-10-22(19)17-33-30(40)41-36-18-26(38)34(14-15-37)25-12-11-23(31)27(32)28(25)36/h2-3,6,8-12,16,37H,4-5,7,13-15,17-18H2,1H3,(H,33,40). The van der Waals surface area contributed by atoms with E-state index in [2.05, 4.69) is 11.4 Å². The molecule has 0 atom stereocenters. The molecule has 0 saturated heterocycles. The van der Waals surface area contributed by atoms with Gasteiger partial charge in [0.1, 0.15) is 12.2 Å². The molecule has 3 aromatic rings. The maximum absolute atomic E-state index is 14.7. The molecule has 2 N–H and O–H groups in total. The van der Waals surface area contributed by atoms with Crippen LogP contribution in [-0.4, -0.2) is 49.3 Å². The number of rotatable bonds is 6. The van der Waals surface area contributed by atoms with Crippen LogP contribution in [0.4, 0.5) is 30.6 Å². The molecule has 214 valence electrons. The molecule has 0 unspecified atom stereocenters. The fourth-order valence-corrected chi connectivity index (χ4v) is 5.21. The van der Waals surface area contributed by atoms with Crippen LogP contribution in [-0.2, 0) is 22.6 Å². The van der Waals surface area contributed by atoms with E-state index in [1.165, 1.54) is 6.07 Å². The van der Waals surface area contributed by atoms with E-state index in [4.69, 9.17) is 4.84 Å². The van der Waals surface area contributed by atoms with Crippen molar-refractivity contribution < 1.29 is 33.1 Å². The van der Waals surface area contributed by atoms with Crippen LogP contribution < -0.4 is 20.2 Å². The molecular formula is C30H30F2N4O5. The molecule has 0 saturated carbocycles. The molecule has 0 aromatic heterocycles. The van der Waals surface area contributed by atoms with Crippen molar-refractivity contribution in [3.8, 4) is 0 Å². The molecule has 0 spiro atoms. The van der Waals surface area contributed by atoms with Gasteiger partial charge in [-0.25, -0.2) is 13.6 Å². The first-order chi connectivity index (χ1) is 19.8. The quantitative estimate of drug-likeness (QED) is 0.465. The number of hydroxylamine groups is 1. The van der Waals surface area contributed by atoms with Crippen LogP contribution in [0.5, 0.6) is 0 Å². The van der Waals surface area contributed by atoms with Gasteiger partial charge < -0.3 is 25.1 Å². The van der Waals surface area contributed by atoms with E-state index in [0.717, 1.165) is 52.6 Å². The lowest BCUT2D eigenvalue weighted by atomic mass is 10.0. The molecule has 3 amide bonds. The van der Waals surface area contributed by atoms with Crippen molar-refractivity contribution in [1.29, 1.82) is 0 Å². The highest BCUT2D eigenvalue weighted by Gasteiger charge is 2.35. The summed E-state index contributed by atoms with van der Waals surface area (Å²) in [7, 11) is 0. The van der Waals surface area contributed by atoms with Crippen LogP contribution in [0.15, 0.2) is 54.6 Å². The Labute approximate surface area is 235 Å². The van der Waals surface area contributed by atoms with Crippen molar-refractivity contribution in [2.24, 2.45) is 0 Å². The Morgan fingerprint density at radius 3 is 2.63 bits per heavy atom. The molecule has 0 aliphatic carbocycles. The highest BCUT2D eigenvalue weighted by atomic mass is 19.2. The Bertz CT molecular complexity index is 1500. The summed E-state index contributed by atoms with van der Waals surface area (Å²) in [5, 5.41) is 12.5. The number of aliphatic hydroxyl groups is 1. The Kier molecular flexibility index (Phi) is 8.16. The van der Waals surface area contributed by atoms with Crippen LogP contribution in [0.25, 0.3) is 0 Å². The van der Waals surface area contributed by atoms with Gasteiger partial charge in [0.15, 0.2) is 11.6 Å². The first kappa shape index (κ1) is 28.0. The number of fused-ring (bicyclic) bond motifs is 2. The van der Waals surface area contributed by atoms with E-state index in [1.54, 1.807) is 18.2 Å². The lowest BCUT2D eigenvalue weighted by molar-refractivity contribution is -0.118. The van der Waals surface area contributed by atoms with E-state index >= 15 is 0 Å². The number of aliphatic hydroxyl groups excluding tert-OH is 1. The minimum absolute atomic E-state index is 0.0230. The van der Waals surface area contributed by atoms with Gasteiger partial charge in [0.05, 0.1) is 12.3 Å². The van der Waals surface area contributed by atoms with E-state index in [1.807, 2.05) is 30.0 Å². The Hall–Kier alpha value is -4.51. The molecule has 11 heteroatoms. The van der Waals surface area contributed by atoms with Crippen molar-refractivity contribution in [3.63, 3.8) is 0 Å². The first-order valence-electron chi connectivity index (χ1n) is 13.4. The maximum atomic E-state index is 14.7. The summed E-state index contributed by atoms with van der Waals surface area (Å²) >= 11 is 0. The van der Waals surface area contributed by atoms with Crippen molar-refractivity contribution in [2.75, 3.05) is 41.1 Å². The van der Waals surface area contributed by atoms with Crippen LogP contribution >= 0.6 is 0 Å². The number of para-hydroxylation sites is 1. The average Bonchev–Trinajstić information content (AvgIpc) is 3.18. The highest BCUT2D eigenvalue weighted by Crippen LogP contribution is 2.37. The normalized spacial score (nSPS) is 14.7. The van der Waals surface area contributed by atoms with E-state index in [-0.39, 0.29) is 31.3 Å². The van der Waals surface area contributed by atoms with Crippen LogP contribution in [0.2, 0.25) is 0 Å². The molecule has 0 bridgehead atoms. The maximum Gasteiger partial charge on any atom is 0.431 e. The summed E-state index contributed by atoms with van der Waals surface area (Å²) < 4.78 is 28.7. The third-order valence-corrected chi connectivity index (χ3v) is 7.30. The van der Waals surface area contributed by atoms with Gasteiger partial charge in [0.2, 0.25) is 5.91 Å². The van der Waals surface area contributed by atoms with Gasteiger partial charge >= 0.3 is 6.09 Å². The van der Waals surface area contributed by atoms with E-state index < -0.39 is 35.9 Å². The molecule has 0 radical (unpaired) electrons. The fraction of sp³-hybridized carbons (Fsp3) is 0.300. The smallest absolute Gasteiger partial charge is 0.395 e. The zero-order chi connectivity index (χ0) is 29.1. The number of aryl methyl sites for hydroxylation is 2. The van der Waals surface area contributed by atoms with Gasteiger partial charge in [0.25, 0.3) is 5.91 Å². The summed E-state index contributed by atoms with van der Waals surface area (Å²) in [5.41, 5.74) is 3.65. The second-order valence-electron chi connectivity index (χ2n) is 9.95. The Balaban J connectivity index is 1.27. The molecule has 9 nitrogen and oxygen atoms in total. The SMILES string of the molecule is Cc1cc(C(=O)N2CCCCc3ccccc32)ccc1CNC(=O)ON1CC(=O)N(CCO)c2ccc(F)c(F)c21. The third-order valence-electron chi connectivity index (χ3n) is 7.30. The molecule has 0 fully saturated rings. The second-order valence-corrected chi connectivity index (χ2v) is 9.95. The van der Waals surface area contributed by atoms with E-state index in [9.17, 15) is 28.3 Å². The largest absolute Gasteiger partial charge is 0.431 e. The molecule has 41 heavy (non-hydrogen) atoms. The summed E-state index contributed by atoms with van der Waals surface area (Å²) in [4.78, 5) is 46.8. The predicted molar refractivity (Wildman–Crippen MR) is 149 cm³/mol. The predicted octanol–water partition coefficient (Wildman–Crippen LogP) is 4.24. The summed E-state index contributed by atoms with van der Waals surface area (Å²) in [6.07, 6.45) is 1.87. The van der Waals surface area contributed by atoms with E-state index in [0.29, 0.717) is 17.2 Å². The Morgan fingerprint density at radius 1 is 1.05 bits per heavy atom. The highest BCUT2D eigenvalue weighted by molar-refractivity contribution is 6.07. The molecule has 2 aliphatic rings. The number of β-amino-alcohol motifs (C(OH)–C–C–N with tert-alkyl or cyclic N) is 1. The lowest BCUT2D eigenvalue weighted by Crippen LogP contribution is -2.49. The van der Waals surface area contributed by atoms with Gasteiger partial charge in [-0.1, -0.05) is 24.3 Å². The summed E-state index contributed by atoms with van der Waals surface area (Å²) in [6.45, 7) is 1.41. The average molecular weight is 565 g/mol. The van der Waals surface area contributed by atoms with Crippen LogP contribution in [0.1, 0.15) is 39.9 Å². The molecule has 2 aliphatic heterocycles. The number of nitrogens with one attached hydrogen (secondary N) is 1. The number of amides is 3. The Morgan fingerprint density at radius 2 is 1.85 bits per heavy atom. The monoisotopic (exact) mass is 564 g/mol. The van der Waals surface area contributed by atoms with Gasteiger partial charge in [-0.05, 0) is 73.2 Å². The number of benzene rings is 3. The minimum Gasteiger partial charge on any atom is -0.395 e. The third kappa shape index (κ3) is 5.71. The first-order valence-corrected chi connectivity index (χ1v) is 13.4. The van der Waals surface area contributed by atoms with Gasteiger partial charge in [0, 0.05) is 30.9 Å².